The molecule has 0 amide bonds. The van der Waals surface area contributed by atoms with E-state index in [-0.39, 0.29) is 15.9 Å². The van der Waals surface area contributed by atoms with E-state index in [2.05, 4.69) is 6.58 Å². The molecule has 0 bridgehead atoms. The predicted octanol–water partition coefficient (Wildman–Crippen LogP) is 3.11. The van der Waals surface area contributed by atoms with Crippen LogP contribution in [0.4, 0.5) is 5.69 Å². The molecule has 0 heterocycles. The van der Waals surface area contributed by atoms with Gasteiger partial charge in [0, 0.05) is 12.1 Å². The van der Waals surface area contributed by atoms with Crippen molar-refractivity contribution in [1.82, 2.24) is 0 Å². The van der Waals surface area contributed by atoms with Gasteiger partial charge in [0.2, 0.25) is 0 Å². The van der Waals surface area contributed by atoms with Crippen molar-refractivity contribution in [1.29, 1.82) is 0 Å². The number of non-ortho nitro benzene ring substituents is 1. The number of thioether (sulfide) groups is 1. The third kappa shape index (κ3) is 1.65. The molecule has 1 aliphatic rings. The summed E-state index contributed by atoms with van der Waals surface area (Å²) < 4.78 is 0. The average Bonchev–Trinajstić information content (AvgIpc) is 2.51. The van der Waals surface area contributed by atoms with Crippen molar-refractivity contribution in [2.45, 2.75) is 11.7 Å². The third-order valence-electron chi connectivity index (χ3n) is 2.65. The van der Waals surface area contributed by atoms with Crippen molar-refractivity contribution in [3.8, 4) is 0 Å². The molecule has 0 aromatic heterocycles. The van der Waals surface area contributed by atoms with Crippen LogP contribution in [0.25, 0.3) is 0 Å². The predicted molar refractivity (Wildman–Crippen MR) is 62.2 cm³/mol. The van der Waals surface area contributed by atoms with Gasteiger partial charge in [-0.15, -0.1) is 0 Å². The first-order valence-corrected chi connectivity index (χ1v) is 5.90. The smallest absolute Gasteiger partial charge is 0.258 e. The van der Waals surface area contributed by atoms with Crippen LogP contribution in [-0.2, 0) is 6.42 Å². The molecule has 1 aromatic carbocycles. The molecule has 0 radical (unpaired) electrons. The molecular weight excluding hydrogens is 210 g/mol. The van der Waals surface area contributed by atoms with Crippen LogP contribution >= 0.6 is 11.8 Å². The zero-order valence-electron chi connectivity index (χ0n) is 8.40. The minimum atomic E-state index is -0.348. The zero-order valence-corrected chi connectivity index (χ0v) is 9.21. The highest BCUT2D eigenvalue weighted by Crippen LogP contribution is 2.44. The van der Waals surface area contributed by atoms with Gasteiger partial charge in [0.1, 0.15) is 0 Å². The van der Waals surface area contributed by atoms with Gasteiger partial charge in [0.05, 0.1) is 10.2 Å². The van der Waals surface area contributed by atoms with E-state index in [0.717, 1.165) is 17.6 Å². The topological polar surface area (TPSA) is 43.1 Å². The van der Waals surface area contributed by atoms with E-state index in [0.29, 0.717) is 0 Å². The number of hydrogen-bond acceptors (Lipinski definition) is 3. The normalized spacial score (nSPS) is 19.0. The van der Waals surface area contributed by atoms with E-state index >= 15 is 0 Å². The van der Waals surface area contributed by atoms with Crippen molar-refractivity contribution in [2.75, 3.05) is 6.26 Å². The Morgan fingerprint density at radius 1 is 1.60 bits per heavy atom. The molecule has 4 heteroatoms. The van der Waals surface area contributed by atoms with Gasteiger partial charge in [-0.1, -0.05) is 18.2 Å². The van der Waals surface area contributed by atoms with E-state index in [1.807, 2.05) is 12.3 Å². The molecule has 0 spiro atoms. The highest BCUT2D eigenvalue weighted by Gasteiger charge is 2.26. The van der Waals surface area contributed by atoms with Gasteiger partial charge in [0.25, 0.3) is 5.69 Å². The second-order valence-electron chi connectivity index (χ2n) is 3.59. The fourth-order valence-electron chi connectivity index (χ4n) is 1.95. The molecule has 0 saturated heterocycles. The van der Waals surface area contributed by atoms with Crippen LogP contribution in [0.2, 0.25) is 0 Å². The fourth-order valence-corrected chi connectivity index (χ4v) is 2.84. The molecule has 1 aliphatic carbocycles. The number of rotatable bonds is 2. The van der Waals surface area contributed by atoms with Crippen LogP contribution in [0, 0.1) is 10.1 Å². The second-order valence-corrected chi connectivity index (χ2v) is 4.53. The SMILES string of the molecule is C=C1Cc2ccc([N+](=O)[O-])cc2[C@@H]1SC. The molecule has 0 aliphatic heterocycles. The Balaban J connectivity index is 2.49. The number of hydrogen-bond donors (Lipinski definition) is 0. The Bertz CT molecular complexity index is 442. The van der Waals surface area contributed by atoms with Crippen LogP contribution in [0.1, 0.15) is 16.4 Å². The minimum absolute atomic E-state index is 0.169. The molecule has 0 unspecified atom stereocenters. The lowest BCUT2D eigenvalue weighted by molar-refractivity contribution is -0.384. The number of nitro benzene ring substituents is 1. The van der Waals surface area contributed by atoms with E-state index in [1.54, 1.807) is 23.9 Å². The van der Waals surface area contributed by atoms with E-state index in [4.69, 9.17) is 0 Å². The van der Waals surface area contributed by atoms with Gasteiger partial charge in [-0.2, -0.15) is 11.8 Å². The maximum absolute atomic E-state index is 10.7. The first kappa shape index (κ1) is 10.2. The van der Waals surface area contributed by atoms with E-state index in [9.17, 15) is 10.1 Å². The summed E-state index contributed by atoms with van der Waals surface area (Å²) in [6.45, 7) is 4.00. The quantitative estimate of drug-likeness (QED) is 0.438. The van der Waals surface area contributed by atoms with Gasteiger partial charge in [0.15, 0.2) is 0 Å². The minimum Gasteiger partial charge on any atom is -0.258 e. The fraction of sp³-hybridized carbons (Fsp3) is 0.273. The summed E-state index contributed by atoms with van der Waals surface area (Å²) in [6.07, 6.45) is 2.85. The van der Waals surface area contributed by atoms with Crippen molar-refractivity contribution in [2.24, 2.45) is 0 Å². The standard InChI is InChI=1S/C11H11NO2S/c1-7-5-8-3-4-9(12(13)14)6-10(8)11(7)15-2/h3-4,6,11H,1,5H2,2H3/t11-/m1/s1. The summed E-state index contributed by atoms with van der Waals surface area (Å²) in [5.41, 5.74) is 3.53. The third-order valence-corrected chi connectivity index (χ3v) is 3.71. The van der Waals surface area contributed by atoms with Crippen LogP contribution in [-0.4, -0.2) is 11.2 Å². The molecule has 0 N–H and O–H groups in total. The Hall–Kier alpha value is -1.29. The first-order chi connectivity index (χ1) is 7.13. The number of nitro groups is 1. The Morgan fingerprint density at radius 2 is 2.33 bits per heavy atom. The van der Waals surface area contributed by atoms with Crippen molar-refractivity contribution in [3.63, 3.8) is 0 Å². The van der Waals surface area contributed by atoms with Gasteiger partial charge < -0.3 is 0 Å². The van der Waals surface area contributed by atoms with E-state index in [1.165, 1.54) is 5.56 Å². The molecule has 1 atom stereocenters. The highest BCUT2D eigenvalue weighted by atomic mass is 32.2. The van der Waals surface area contributed by atoms with E-state index < -0.39 is 0 Å². The van der Waals surface area contributed by atoms with Gasteiger partial charge in [-0.25, -0.2) is 0 Å². The zero-order chi connectivity index (χ0) is 11.0. The monoisotopic (exact) mass is 221 g/mol. The summed E-state index contributed by atoms with van der Waals surface area (Å²) in [5, 5.41) is 10.9. The van der Waals surface area contributed by atoms with Gasteiger partial charge in [-0.3, -0.25) is 10.1 Å². The molecule has 0 fully saturated rings. The lowest BCUT2D eigenvalue weighted by atomic mass is 10.1. The van der Waals surface area contributed by atoms with Gasteiger partial charge in [-0.05, 0) is 23.8 Å². The molecule has 15 heavy (non-hydrogen) atoms. The van der Waals surface area contributed by atoms with Crippen LogP contribution in [0.3, 0.4) is 0 Å². The van der Waals surface area contributed by atoms with Crippen molar-refractivity contribution >= 4 is 17.4 Å². The highest BCUT2D eigenvalue weighted by molar-refractivity contribution is 7.99. The van der Waals surface area contributed by atoms with Crippen molar-refractivity contribution in [3.05, 3.63) is 51.6 Å². The molecule has 3 nitrogen and oxygen atoms in total. The molecule has 0 saturated carbocycles. The Labute approximate surface area is 92.3 Å². The lowest BCUT2D eigenvalue weighted by Crippen LogP contribution is -1.92. The van der Waals surface area contributed by atoms with Gasteiger partial charge >= 0.3 is 0 Å². The summed E-state index contributed by atoms with van der Waals surface area (Å²) in [6, 6.07) is 5.08. The molecule has 78 valence electrons. The molecular formula is C11H11NO2S. The van der Waals surface area contributed by atoms with Crippen LogP contribution in [0.5, 0.6) is 0 Å². The maximum Gasteiger partial charge on any atom is 0.269 e. The summed E-state index contributed by atoms with van der Waals surface area (Å²) in [5.74, 6) is 0. The largest absolute Gasteiger partial charge is 0.269 e. The maximum atomic E-state index is 10.7. The summed E-state index contributed by atoms with van der Waals surface area (Å²) in [4.78, 5) is 10.3. The average molecular weight is 221 g/mol. The summed E-state index contributed by atoms with van der Waals surface area (Å²) >= 11 is 1.68. The second kappa shape index (κ2) is 3.70. The molecule has 2 rings (SSSR count). The lowest BCUT2D eigenvalue weighted by Gasteiger charge is -2.08. The number of benzene rings is 1. The van der Waals surface area contributed by atoms with Crippen LogP contribution < -0.4 is 0 Å². The first-order valence-electron chi connectivity index (χ1n) is 4.61. The van der Waals surface area contributed by atoms with Crippen LogP contribution in [0.15, 0.2) is 30.4 Å². The van der Waals surface area contributed by atoms with Crippen molar-refractivity contribution < 1.29 is 4.92 Å². The Morgan fingerprint density at radius 3 is 2.93 bits per heavy atom. The molecule has 1 aromatic rings. The number of nitrogens with zero attached hydrogens (tertiary/aromatic N) is 1. The number of fused-ring (bicyclic) bond motifs is 1. The Kier molecular flexibility index (Phi) is 2.52. The summed E-state index contributed by atoms with van der Waals surface area (Å²) in [7, 11) is 0.